The van der Waals surface area contributed by atoms with Gasteiger partial charge in [-0.3, -0.25) is 4.79 Å². The molecule has 3 aliphatic heterocycles. The first kappa shape index (κ1) is 10.8. The largest absolute Gasteiger partial charge is 0.550 e. The van der Waals surface area contributed by atoms with Crippen LogP contribution in [0.3, 0.4) is 0 Å². The predicted octanol–water partition coefficient (Wildman–Crippen LogP) is -1.07. The molecule has 92 valence electrons. The van der Waals surface area contributed by atoms with Crippen LogP contribution in [0, 0.1) is 11.8 Å². The fraction of sp³-hybridized carbons (Fsp3) is 0.667. The van der Waals surface area contributed by atoms with Crippen molar-refractivity contribution in [3.8, 4) is 0 Å². The fourth-order valence-electron chi connectivity index (χ4n) is 3.23. The third kappa shape index (κ3) is 1.17. The summed E-state index contributed by atoms with van der Waals surface area (Å²) in [5.41, 5.74) is -0.725. The molecule has 2 bridgehead atoms. The van der Waals surface area contributed by atoms with Gasteiger partial charge in [0, 0.05) is 17.9 Å². The van der Waals surface area contributed by atoms with E-state index in [0.717, 1.165) is 0 Å². The molecule has 1 amide bonds. The molecule has 0 aromatic heterocycles. The van der Waals surface area contributed by atoms with Crippen molar-refractivity contribution in [3.05, 3.63) is 12.2 Å². The maximum Gasteiger partial charge on any atom is 0.230 e. The smallest absolute Gasteiger partial charge is 0.230 e. The maximum absolute atomic E-state index is 12.2. The van der Waals surface area contributed by atoms with Crippen LogP contribution in [0.5, 0.6) is 0 Å². The van der Waals surface area contributed by atoms with Crippen LogP contribution in [0.25, 0.3) is 0 Å². The van der Waals surface area contributed by atoms with Crippen molar-refractivity contribution in [2.24, 2.45) is 11.8 Å². The summed E-state index contributed by atoms with van der Waals surface area (Å²) in [5.74, 6) is -2.76. The van der Waals surface area contributed by atoms with Gasteiger partial charge in [0.1, 0.15) is 5.60 Å². The van der Waals surface area contributed by atoms with Gasteiger partial charge in [0.05, 0.1) is 18.6 Å². The summed E-state index contributed by atoms with van der Waals surface area (Å²) in [4.78, 5) is 25.1. The lowest BCUT2D eigenvalue weighted by atomic mass is 9.77. The molecule has 5 heteroatoms. The average Bonchev–Trinajstić information content (AvgIpc) is 2.86. The first-order valence-corrected chi connectivity index (χ1v) is 5.85. The molecule has 1 spiro atoms. The van der Waals surface area contributed by atoms with Crippen LogP contribution < -0.4 is 5.11 Å². The van der Waals surface area contributed by atoms with Gasteiger partial charge < -0.3 is 19.5 Å². The number of nitrogens with zero attached hydrogens (tertiary/aromatic N) is 1. The number of carbonyl (C=O) groups excluding carboxylic acids is 2. The summed E-state index contributed by atoms with van der Waals surface area (Å²) in [6.45, 7) is 4.28. The van der Waals surface area contributed by atoms with Gasteiger partial charge in [-0.15, -0.1) is 0 Å². The third-order valence-electron chi connectivity index (χ3n) is 4.03. The second kappa shape index (κ2) is 3.10. The number of ether oxygens (including phenoxy) is 1. The average molecular weight is 236 g/mol. The minimum Gasteiger partial charge on any atom is -0.550 e. The highest BCUT2D eigenvalue weighted by Gasteiger charge is 2.65. The van der Waals surface area contributed by atoms with Crippen LogP contribution in [0.2, 0.25) is 0 Å². The van der Waals surface area contributed by atoms with E-state index in [-0.39, 0.29) is 11.9 Å². The van der Waals surface area contributed by atoms with Gasteiger partial charge in [0.25, 0.3) is 0 Å². The molecule has 0 aromatic rings. The summed E-state index contributed by atoms with van der Waals surface area (Å²) in [6.07, 6.45) is 3.10. The zero-order chi connectivity index (χ0) is 12.4. The Morgan fingerprint density at radius 3 is 2.94 bits per heavy atom. The molecule has 2 fully saturated rings. The summed E-state index contributed by atoms with van der Waals surface area (Å²) in [5, 5.41) is 11.2. The highest BCUT2D eigenvalue weighted by Crippen LogP contribution is 2.51. The van der Waals surface area contributed by atoms with Crippen LogP contribution >= 0.6 is 0 Å². The van der Waals surface area contributed by atoms with E-state index in [4.69, 9.17) is 4.74 Å². The lowest BCUT2D eigenvalue weighted by molar-refractivity contribution is -0.313. The van der Waals surface area contributed by atoms with Crippen molar-refractivity contribution < 1.29 is 19.4 Å². The van der Waals surface area contributed by atoms with E-state index in [9.17, 15) is 14.7 Å². The number of carbonyl (C=O) groups is 2. The van der Waals surface area contributed by atoms with Gasteiger partial charge in [-0.1, -0.05) is 12.2 Å². The standard InChI is InChI=1S/C12H15NO4/c1-6(2)13-5-12-4-3-7(17-12)8(11(15)16)9(12)10(13)14/h3-4,6-9H,5H2,1-2H3,(H,15,16)/p-1/t7-,8-,9+,12-/m1/s1. The number of hydrogen-bond acceptors (Lipinski definition) is 4. The number of carboxylic acid groups (broad SMARTS) is 1. The Kier molecular flexibility index (Phi) is 1.96. The summed E-state index contributed by atoms with van der Waals surface area (Å²) in [6, 6.07) is 0.0564. The molecular formula is C12H14NO4-. The van der Waals surface area contributed by atoms with Crippen LogP contribution in [0.15, 0.2) is 12.2 Å². The van der Waals surface area contributed by atoms with Crippen LogP contribution in [-0.2, 0) is 14.3 Å². The van der Waals surface area contributed by atoms with E-state index >= 15 is 0 Å². The summed E-state index contributed by atoms with van der Waals surface area (Å²) in [7, 11) is 0. The molecule has 4 atom stereocenters. The van der Waals surface area contributed by atoms with Crippen molar-refractivity contribution >= 4 is 11.9 Å². The molecule has 0 unspecified atom stereocenters. The van der Waals surface area contributed by atoms with E-state index in [2.05, 4.69) is 0 Å². The minimum absolute atomic E-state index is 0.0564. The Bertz CT molecular complexity index is 430. The Balaban J connectivity index is 2.01. The molecule has 3 aliphatic rings. The zero-order valence-corrected chi connectivity index (χ0v) is 9.75. The number of likely N-dealkylation sites (tertiary alicyclic amines) is 1. The molecule has 0 aromatic carbocycles. The lowest BCUT2D eigenvalue weighted by Crippen LogP contribution is -2.45. The van der Waals surface area contributed by atoms with Crippen molar-refractivity contribution in [1.29, 1.82) is 0 Å². The highest BCUT2D eigenvalue weighted by atomic mass is 16.5. The SMILES string of the molecule is CC(C)N1C[C@@]23C=C[C@@H](O2)[C@@H](C(=O)[O-])[C@H]3C1=O. The number of carboxylic acids is 1. The summed E-state index contributed by atoms with van der Waals surface area (Å²) >= 11 is 0. The van der Waals surface area contributed by atoms with Gasteiger partial charge in [0.2, 0.25) is 5.91 Å². The number of rotatable bonds is 2. The van der Waals surface area contributed by atoms with Gasteiger partial charge >= 0.3 is 0 Å². The van der Waals surface area contributed by atoms with Crippen LogP contribution in [0.4, 0.5) is 0 Å². The van der Waals surface area contributed by atoms with Crippen LogP contribution in [-0.4, -0.2) is 41.1 Å². The van der Waals surface area contributed by atoms with Gasteiger partial charge in [0.15, 0.2) is 0 Å². The molecule has 0 aliphatic carbocycles. The van der Waals surface area contributed by atoms with E-state index in [0.29, 0.717) is 6.54 Å². The third-order valence-corrected chi connectivity index (χ3v) is 4.03. The number of amides is 1. The molecule has 3 rings (SSSR count). The monoisotopic (exact) mass is 236 g/mol. The van der Waals surface area contributed by atoms with E-state index in [1.165, 1.54) is 0 Å². The van der Waals surface area contributed by atoms with E-state index in [1.807, 2.05) is 19.9 Å². The Morgan fingerprint density at radius 1 is 1.65 bits per heavy atom. The first-order valence-electron chi connectivity index (χ1n) is 5.85. The Labute approximate surface area is 99.0 Å². The first-order chi connectivity index (χ1) is 7.96. The molecular weight excluding hydrogens is 222 g/mol. The van der Waals surface area contributed by atoms with Gasteiger partial charge in [-0.2, -0.15) is 0 Å². The summed E-state index contributed by atoms with van der Waals surface area (Å²) < 4.78 is 5.71. The molecule has 2 saturated heterocycles. The molecule has 3 heterocycles. The number of hydrogen-bond donors (Lipinski definition) is 0. The lowest BCUT2D eigenvalue weighted by Gasteiger charge is -2.25. The topological polar surface area (TPSA) is 69.7 Å². The van der Waals surface area contributed by atoms with Crippen molar-refractivity contribution in [2.75, 3.05) is 6.54 Å². The molecule has 5 nitrogen and oxygen atoms in total. The predicted molar refractivity (Wildman–Crippen MR) is 55.6 cm³/mol. The quantitative estimate of drug-likeness (QED) is 0.572. The zero-order valence-electron chi connectivity index (χ0n) is 9.75. The maximum atomic E-state index is 12.2. The molecule has 0 saturated carbocycles. The Morgan fingerprint density at radius 2 is 2.35 bits per heavy atom. The van der Waals surface area contributed by atoms with E-state index < -0.39 is 29.5 Å². The van der Waals surface area contributed by atoms with Gasteiger partial charge in [-0.25, -0.2) is 0 Å². The molecule has 0 N–H and O–H groups in total. The Hall–Kier alpha value is -1.36. The molecule has 17 heavy (non-hydrogen) atoms. The highest BCUT2D eigenvalue weighted by molar-refractivity contribution is 5.90. The van der Waals surface area contributed by atoms with Crippen molar-refractivity contribution in [3.63, 3.8) is 0 Å². The second-order valence-electron chi connectivity index (χ2n) is 5.28. The fourth-order valence-corrected chi connectivity index (χ4v) is 3.23. The van der Waals surface area contributed by atoms with Crippen LogP contribution in [0.1, 0.15) is 13.8 Å². The normalized spacial score (nSPS) is 42.6. The van der Waals surface area contributed by atoms with Crippen molar-refractivity contribution in [1.82, 2.24) is 4.90 Å². The van der Waals surface area contributed by atoms with Gasteiger partial charge in [-0.05, 0) is 13.8 Å². The second-order valence-corrected chi connectivity index (χ2v) is 5.28. The minimum atomic E-state index is -1.19. The number of fused-ring (bicyclic) bond motifs is 1. The molecule has 0 radical (unpaired) electrons. The van der Waals surface area contributed by atoms with Crippen molar-refractivity contribution in [2.45, 2.75) is 31.6 Å². The van der Waals surface area contributed by atoms with E-state index in [1.54, 1.807) is 11.0 Å². The number of aliphatic carboxylic acids is 1.